The molecule has 0 saturated carbocycles. The molecule has 1 fully saturated rings. The van der Waals surface area contributed by atoms with E-state index in [1.165, 1.54) is 0 Å². The highest BCUT2D eigenvalue weighted by Crippen LogP contribution is 2.35. The number of carbonyl (C=O) groups is 2. The van der Waals surface area contributed by atoms with E-state index in [1.807, 2.05) is 19.1 Å². The first-order valence-electron chi connectivity index (χ1n) is 8.77. The number of hydrogen-bond donors (Lipinski definition) is 1. The van der Waals surface area contributed by atoms with E-state index in [2.05, 4.69) is 15.0 Å². The van der Waals surface area contributed by atoms with Crippen LogP contribution in [-0.2, 0) is 22.6 Å². The van der Waals surface area contributed by atoms with E-state index in [1.54, 1.807) is 4.90 Å². The van der Waals surface area contributed by atoms with Crippen molar-refractivity contribution in [3.8, 4) is 0 Å². The molecule has 136 valence electrons. The topological polar surface area (TPSA) is 99.8 Å². The Balaban J connectivity index is 1.58. The highest BCUT2D eigenvalue weighted by Gasteiger charge is 2.48. The summed E-state index contributed by atoms with van der Waals surface area (Å²) >= 11 is 0. The quantitative estimate of drug-likeness (QED) is 0.628. The number of aliphatic carboxylic acids is 1. The molecule has 1 N–H and O–H groups in total. The first kappa shape index (κ1) is 17.6. The molecule has 1 aromatic rings. The minimum atomic E-state index is -1.29. The van der Waals surface area contributed by atoms with Gasteiger partial charge in [-0.2, -0.15) is 4.98 Å². The fourth-order valence-electron chi connectivity index (χ4n) is 3.42. The van der Waals surface area contributed by atoms with Gasteiger partial charge in [0.1, 0.15) is 5.41 Å². The van der Waals surface area contributed by atoms with Gasteiger partial charge in [-0.25, -0.2) is 0 Å². The van der Waals surface area contributed by atoms with Crippen molar-refractivity contribution in [1.29, 1.82) is 0 Å². The third kappa shape index (κ3) is 3.58. The minimum Gasteiger partial charge on any atom is -0.480 e. The second-order valence-electron chi connectivity index (χ2n) is 6.63. The van der Waals surface area contributed by atoms with Crippen molar-refractivity contribution in [2.45, 2.75) is 39.2 Å². The minimum absolute atomic E-state index is 0.253. The van der Waals surface area contributed by atoms with Gasteiger partial charge in [-0.1, -0.05) is 24.2 Å². The first-order valence-corrected chi connectivity index (χ1v) is 8.77. The first-order chi connectivity index (χ1) is 12.0. The number of aryl methyl sites for hydroxylation is 1. The van der Waals surface area contributed by atoms with E-state index in [9.17, 15) is 14.7 Å². The van der Waals surface area contributed by atoms with Crippen molar-refractivity contribution in [2.24, 2.45) is 5.41 Å². The molecule has 25 heavy (non-hydrogen) atoms. The summed E-state index contributed by atoms with van der Waals surface area (Å²) in [6.07, 6.45) is 5.76. The lowest BCUT2D eigenvalue weighted by molar-refractivity contribution is -0.162. The molecule has 0 radical (unpaired) electrons. The van der Waals surface area contributed by atoms with E-state index >= 15 is 0 Å². The van der Waals surface area contributed by atoms with Gasteiger partial charge in [0.05, 0.1) is 6.54 Å². The number of nitrogens with zero attached hydrogens (tertiary/aromatic N) is 4. The van der Waals surface area contributed by atoms with Gasteiger partial charge in [-0.05, 0) is 19.3 Å². The number of carboxylic acid groups (broad SMARTS) is 1. The summed E-state index contributed by atoms with van der Waals surface area (Å²) in [7, 11) is 0. The molecule has 1 saturated heterocycles. The molecule has 1 aromatic heterocycles. The summed E-state index contributed by atoms with van der Waals surface area (Å²) in [5.41, 5.74) is -1.29. The fourth-order valence-corrected chi connectivity index (χ4v) is 3.42. The summed E-state index contributed by atoms with van der Waals surface area (Å²) in [5, 5.41) is 13.6. The van der Waals surface area contributed by atoms with Crippen LogP contribution in [0.15, 0.2) is 16.7 Å². The molecule has 1 amide bonds. The van der Waals surface area contributed by atoms with Crippen LogP contribution in [0.5, 0.6) is 0 Å². The Morgan fingerprint density at radius 3 is 2.60 bits per heavy atom. The molecule has 0 aromatic carbocycles. The maximum Gasteiger partial charge on any atom is 0.319 e. The number of allylic oxidation sites excluding steroid dienone is 2. The lowest BCUT2D eigenvalue weighted by atomic mass is 9.75. The number of carbonyl (C=O) groups excluding carboxylic acids is 1. The summed E-state index contributed by atoms with van der Waals surface area (Å²) in [5.74, 6) is 0.00798. The molecule has 0 spiro atoms. The third-order valence-electron chi connectivity index (χ3n) is 5.03. The van der Waals surface area contributed by atoms with Gasteiger partial charge in [0.2, 0.25) is 11.8 Å². The molecule has 1 unspecified atom stereocenters. The van der Waals surface area contributed by atoms with E-state index < -0.39 is 11.4 Å². The van der Waals surface area contributed by atoms with E-state index in [4.69, 9.17) is 4.52 Å². The molecular formula is C17H24N4O4. The standard InChI is InChI=1S/C17H24N4O4/c1-2-14-18-13(19-25-14)12-20-8-10-21(11-9-20)15(22)17(16(23)24)6-4-3-5-7-17/h3-4H,2,5-12H2,1H3,(H,23,24). The highest BCUT2D eigenvalue weighted by atomic mass is 16.5. The predicted molar refractivity (Wildman–Crippen MR) is 88.6 cm³/mol. The van der Waals surface area contributed by atoms with Crippen molar-refractivity contribution in [2.75, 3.05) is 26.2 Å². The Morgan fingerprint density at radius 2 is 2.04 bits per heavy atom. The Bertz CT molecular complexity index is 663. The van der Waals surface area contributed by atoms with E-state index in [0.717, 1.165) is 0 Å². The molecule has 2 heterocycles. The lowest BCUT2D eigenvalue weighted by Crippen LogP contribution is -2.55. The van der Waals surface area contributed by atoms with Gasteiger partial charge in [0.25, 0.3) is 0 Å². The van der Waals surface area contributed by atoms with Crippen molar-refractivity contribution in [1.82, 2.24) is 19.9 Å². The summed E-state index contributed by atoms with van der Waals surface area (Å²) in [6.45, 7) is 4.94. The maximum atomic E-state index is 12.9. The Morgan fingerprint density at radius 1 is 1.28 bits per heavy atom. The molecular weight excluding hydrogens is 324 g/mol. The van der Waals surface area contributed by atoms with Crippen molar-refractivity contribution in [3.63, 3.8) is 0 Å². The van der Waals surface area contributed by atoms with E-state index in [-0.39, 0.29) is 12.3 Å². The van der Waals surface area contributed by atoms with Crippen molar-refractivity contribution in [3.05, 3.63) is 23.9 Å². The van der Waals surface area contributed by atoms with Crippen molar-refractivity contribution >= 4 is 11.9 Å². The number of aromatic nitrogens is 2. The van der Waals surface area contributed by atoms with Crippen LogP contribution >= 0.6 is 0 Å². The monoisotopic (exact) mass is 348 g/mol. The number of piperazine rings is 1. The van der Waals surface area contributed by atoms with Gasteiger partial charge in [0.15, 0.2) is 5.82 Å². The summed E-state index contributed by atoms with van der Waals surface area (Å²) in [4.78, 5) is 32.8. The van der Waals surface area contributed by atoms with Crippen LogP contribution in [0.2, 0.25) is 0 Å². The molecule has 0 bridgehead atoms. The molecule has 2 aliphatic rings. The average Bonchev–Trinajstić information content (AvgIpc) is 3.10. The zero-order valence-electron chi connectivity index (χ0n) is 14.5. The molecule has 8 heteroatoms. The second-order valence-corrected chi connectivity index (χ2v) is 6.63. The number of amides is 1. The largest absolute Gasteiger partial charge is 0.480 e. The number of rotatable bonds is 5. The van der Waals surface area contributed by atoms with Crippen LogP contribution < -0.4 is 0 Å². The molecule has 8 nitrogen and oxygen atoms in total. The smallest absolute Gasteiger partial charge is 0.319 e. The lowest BCUT2D eigenvalue weighted by Gasteiger charge is -2.39. The van der Waals surface area contributed by atoms with E-state index in [0.29, 0.717) is 63.7 Å². The zero-order valence-corrected chi connectivity index (χ0v) is 14.5. The van der Waals surface area contributed by atoms with Gasteiger partial charge >= 0.3 is 5.97 Å². The number of carboxylic acids is 1. The average molecular weight is 348 g/mol. The highest BCUT2D eigenvalue weighted by molar-refractivity contribution is 6.02. The summed E-state index contributed by atoms with van der Waals surface area (Å²) in [6, 6.07) is 0. The molecule has 1 aliphatic heterocycles. The Hall–Kier alpha value is -2.22. The number of hydrogen-bond acceptors (Lipinski definition) is 6. The SMILES string of the molecule is CCc1nc(CN2CCN(C(=O)C3(C(=O)O)CC=CCC3)CC2)no1. The van der Waals surface area contributed by atoms with Crippen LogP contribution in [0.4, 0.5) is 0 Å². The van der Waals surface area contributed by atoms with Gasteiger partial charge < -0.3 is 14.5 Å². The Kier molecular flexibility index (Phi) is 5.17. The predicted octanol–water partition coefficient (Wildman–Crippen LogP) is 1.09. The van der Waals surface area contributed by atoms with Crippen LogP contribution in [-0.4, -0.2) is 63.1 Å². The molecule has 1 aliphatic carbocycles. The van der Waals surface area contributed by atoms with Crippen LogP contribution in [0.3, 0.4) is 0 Å². The Labute approximate surface area is 146 Å². The van der Waals surface area contributed by atoms with Crippen molar-refractivity contribution < 1.29 is 19.2 Å². The summed E-state index contributed by atoms with van der Waals surface area (Å²) < 4.78 is 5.11. The van der Waals surface area contributed by atoms with Crippen LogP contribution in [0, 0.1) is 5.41 Å². The van der Waals surface area contributed by atoms with Gasteiger partial charge in [-0.15, -0.1) is 0 Å². The van der Waals surface area contributed by atoms with Crippen LogP contribution in [0.1, 0.15) is 37.9 Å². The normalized spacial score (nSPS) is 24.4. The van der Waals surface area contributed by atoms with Gasteiger partial charge in [0, 0.05) is 32.6 Å². The molecule has 1 atom stereocenters. The van der Waals surface area contributed by atoms with Gasteiger partial charge in [-0.3, -0.25) is 14.5 Å². The maximum absolute atomic E-state index is 12.9. The zero-order chi connectivity index (χ0) is 17.9. The second kappa shape index (κ2) is 7.35. The fraction of sp³-hybridized carbons (Fsp3) is 0.647. The molecule has 3 rings (SSSR count). The third-order valence-corrected chi connectivity index (χ3v) is 5.03. The van der Waals surface area contributed by atoms with Crippen LogP contribution in [0.25, 0.3) is 0 Å².